The van der Waals surface area contributed by atoms with Crippen molar-refractivity contribution >= 4 is 44.8 Å². The summed E-state index contributed by atoms with van der Waals surface area (Å²) in [4.78, 5) is 12.3. The number of anilines is 2. The second-order valence-corrected chi connectivity index (χ2v) is 5.44. The summed E-state index contributed by atoms with van der Waals surface area (Å²) in [7, 11) is 1.69. The second-order valence-electron chi connectivity index (χ2n) is 4.24. The Hall–Kier alpha value is -1.53. The summed E-state index contributed by atoms with van der Waals surface area (Å²) in [6.45, 7) is 1.94. The van der Waals surface area contributed by atoms with Crippen LogP contribution in [-0.2, 0) is 13.5 Å². The zero-order chi connectivity index (χ0) is 14.9. The maximum atomic E-state index is 12.3. The Kier molecular flexibility index (Phi) is 4.35. The molecule has 0 saturated carbocycles. The monoisotopic (exact) mass is 356 g/mol. The predicted octanol–water partition coefficient (Wildman–Crippen LogP) is 3.23. The molecule has 106 valence electrons. The molecule has 0 aliphatic heterocycles. The maximum absolute atomic E-state index is 12.3. The zero-order valence-corrected chi connectivity index (χ0v) is 13.4. The Morgan fingerprint density at radius 3 is 2.85 bits per heavy atom. The first-order valence-corrected chi connectivity index (χ1v) is 7.19. The molecule has 5 nitrogen and oxygen atoms in total. The number of aryl methyl sites for hydroxylation is 2. The van der Waals surface area contributed by atoms with Crippen LogP contribution >= 0.6 is 27.5 Å². The lowest BCUT2D eigenvalue weighted by Gasteiger charge is -2.09. The number of carbonyl (C=O) groups excluding carboxylic acids is 1. The predicted molar refractivity (Wildman–Crippen MR) is 84.1 cm³/mol. The third-order valence-electron chi connectivity index (χ3n) is 2.91. The van der Waals surface area contributed by atoms with Crippen LogP contribution in [0, 0.1) is 0 Å². The molecule has 0 aliphatic carbocycles. The van der Waals surface area contributed by atoms with Crippen LogP contribution in [0.15, 0.2) is 22.7 Å². The summed E-state index contributed by atoms with van der Waals surface area (Å²) in [5, 5.41) is 7.52. The smallest absolute Gasteiger partial charge is 0.276 e. The first kappa shape index (κ1) is 14.9. The van der Waals surface area contributed by atoms with Crippen molar-refractivity contribution in [1.82, 2.24) is 9.78 Å². The van der Waals surface area contributed by atoms with Crippen molar-refractivity contribution in [1.29, 1.82) is 0 Å². The van der Waals surface area contributed by atoms with Gasteiger partial charge in [-0.2, -0.15) is 5.10 Å². The Morgan fingerprint density at radius 2 is 2.25 bits per heavy atom. The first-order chi connectivity index (χ1) is 9.45. The molecule has 0 atom stereocenters. The lowest BCUT2D eigenvalue weighted by atomic mass is 10.2. The van der Waals surface area contributed by atoms with Crippen LogP contribution < -0.4 is 11.1 Å². The van der Waals surface area contributed by atoms with Crippen molar-refractivity contribution in [2.24, 2.45) is 7.05 Å². The molecule has 0 saturated heterocycles. The van der Waals surface area contributed by atoms with Crippen LogP contribution in [0.5, 0.6) is 0 Å². The van der Waals surface area contributed by atoms with Crippen molar-refractivity contribution < 1.29 is 4.79 Å². The van der Waals surface area contributed by atoms with Gasteiger partial charge in [-0.3, -0.25) is 9.48 Å². The summed E-state index contributed by atoms with van der Waals surface area (Å²) >= 11 is 9.33. The van der Waals surface area contributed by atoms with Crippen molar-refractivity contribution in [3.8, 4) is 0 Å². The van der Waals surface area contributed by atoms with Gasteiger partial charge in [0.15, 0.2) is 0 Å². The summed E-state index contributed by atoms with van der Waals surface area (Å²) < 4.78 is 2.12. The molecule has 0 fully saturated rings. The van der Waals surface area contributed by atoms with E-state index in [9.17, 15) is 4.79 Å². The highest BCUT2D eigenvalue weighted by molar-refractivity contribution is 9.10. The number of hydrogen-bond donors (Lipinski definition) is 2. The number of nitrogens with one attached hydrogen (secondary N) is 1. The third kappa shape index (κ3) is 2.66. The van der Waals surface area contributed by atoms with E-state index in [2.05, 4.69) is 26.3 Å². The molecular weight excluding hydrogens is 344 g/mol. The number of aromatic nitrogens is 2. The molecule has 0 aliphatic rings. The molecule has 2 aromatic rings. The lowest BCUT2D eigenvalue weighted by Crippen LogP contribution is -2.18. The summed E-state index contributed by atoms with van der Waals surface area (Å²) in [5.74, 6) is -0.319. The Bertz CT molecular complexity index is 669. The number of carbonyl (C=O) groups is 1. The highest BCUT2D eigenvalue weighted by Gasteiger charge is 2.20. The van der Waals surface area contributed by atoms with E-state index in [1.165, 1.54) is 4.68 Å². The summed E-state index contributed by atoms with van der Waals surface area (Å²) in [6.07, 6.45) is 0.674. The van der Waals surface area contributed by atoms with E-state index in [1.54, 1.807) is 25.2 Å². The topological polar surface area (TPSA) is 72.9 Å². The highest BCUT2D eigenvalue weighted by Crippen LogP contribution is 2.30. The fourth-order valence-corrected chi connectivity index (χ4v) is 2.45. The van der Waals surface area contributed by atoms with Gasteiger partial charge in [0.25, 0.3) is 5.91 Å². The molecule has 1 amide bonds. The fraction of sp³-hybridized carbons (Fsp3) is 0.231. The molecule has 20 heavy (non-hydrogen) atoms. The fourth-order valence-electron chi connectivity index (χ4n) is 1.91. The molecule has 1 heterocycles. The number of nitrogens with zero attached hydrogens (tertiary/aromatic N) is 2. The summed E-state index contributed by atoms with van der Waals surface area (Å²) in [6, 6.07) is 5.24. The second kappa shape index (κ2) is 5.85. The summed E-state index contributed by atoms with van der Waals surface area (Å²) in [5.41, 5.74) is 8.00. The minimum absolute atomic E-state index is 0.319. The van der Waals surface area contributed by atoms with Crippen LogP contribution in [0.1, 0.15) is 23.1 Å². The van der Waals surface area contributed by atoms with Gasteiger partial charge in [0.2, 0.25) is 0 Å². The van der Waals surface area contributed by atoms with Crippen molar-refractivity contribution in [2.75, 3.05) is 11.1 Å². The number of nitrogen functional groups attached to an aromatic ring is 1. The maximum Gasteiger partial charge on any atom is 0.276 e. The van der Waals surface area contributed by atoms with Gasteiger partial charge in [-0.15, -0.1) is 0 Å². The van der Waals surface area contributed by atoms with Crippen LogP contribution in [0.2, 0.25) is 5.02 Å². The highest BCUT2D eigenvalue weighted by atomic mass is 79.9. The van der Waals surface area contributed by atoms with Crippen LogP contribution in [-0.4, -0.2) is 15.7 Å². The van der Waals surface area contributed by atoms with Crippen LogP contribution in [0.3, 0.4) is 0 Å². The van der Waals surface area contributed by atoms with Gasteiger partial charge in [-0.05, 0) is 34.5 Å². The SMILES string of the molecule is CCc1nn(C)c(C(=O)Nc2cccc(Cl)c2Br)c1N. The number of hydrogen-bond acceptors (Lipinski definition) is 3. The molecule has 1 aromatic heterocycles. The molecule has 0 spiro atoms. The first-order valence-electron chi connectivity index (χ1n) is 6.02. The molecule has 0 radical (unpaired) electrons. The molecule has 0 unspecified atom stereocenters. The number of amides is 1. The van der Waals surface area contributed by atoms with Crippen LogP contribution in [0.4, 0.5) is 11.4 Å². The molecule has 2 rings (SSSR count). The Labute approximate surface area is 130 Å². The average molecular weight is 358 g/mol. The average Bonchev–Trinajstić information content (AvgIpc) is 2.69. The van der Waals surface area contributed by atoms with E-state index in [4.69, 9.17) is 17.3 Å². The molecule has 7 heteroatoms. The van der Waals surface area contributed by atoms with Gasteiger partial charge in [0.1, 0.15) is 5.69 Å². The normalized spacial score (nSPS) is 10.6. The molecular formula is C13H14BrClN4O. The largest absolute Gasteiger partial charge is 0.395 e. The van der Waals surface area contributed by atoms with Gasteiger partial charge < -0.3 is 11.1 Å². The lowest BCUT2D eigenvalue weighted by molar-refractivity contribution is 0.101. The van der Waals surface area contributed by atoms with Gasteiger partial charge in [-0.25, -0.2) is 0 Å². The quantitative estimate of drug-likeness (QED) is 0.885. The number of nitrogens with two attached hydrogens (primary N) is 1. The standard InChI is InChI=1S/C13H14BrClN4O/c1-3-8-11(16)12(19(2)18-8)13(20)17-9-6-4-5-7(15)10(9)14/h4-6H,3,16H2,1-2H3,(H,17,20). The number of benzene rings is 1. The van der Waals surface area contributed by atoms with E-state index in [-0.39, 0.29) is 5.91 Å². The van der Waals surface area contributed by atoms with E-state index in [0.29, 0.717) is 38.7 Å². The van der Waals surface area contributed by atoms with Crippen molar-refractivity contribution in [3.63, 3.8) is 0 Å². The van der Waals surface area contributed by atoms with E-state index in [0.717, 1.165) is 0 Å². The van der Waals surface area contributed by atoms with E-state index in [1.807, 2.05) is 6.92 Å². The minimum atomic E-state index is -0.319. The Morgan fingerprint density at radius 1 is 1.55 bits per heavy atom. The van der Waals surface area contributed by atoms with Crippen LogP contribution in [0.25, 0.3) is 0 Å². The van der Waals surface area contributed by atoms with Crippen molar-refractivity contribution in [2.45, 2.75) is 13.3 Å². The Balaban J connectivity index is 2.33. The number of rotatable bonds is 3. The third-order valence-corrected chi connectivity index (χ3v) is 4.31. The number of halogens is 2. The van der Waals surface area contributed by atoms with Gasteiger partial charge >= 0.3 is 0 Å². The molecule has 0 bridgehead atoms. The van der Waals surface area contributed by atoms with Gasteiger partial charge in [-0.1, -0.05) is 24.6 Å². The van der Waals surface area contributed by atoms with E-state index < -0.39 is 0 Å². The minimum Gasteiger partial charge on any atom is -0.395 e. The van der Waals surface area contributed by atoms with Gasteiger partial charge in [0, 0.05) is 7.05 Å². The van der Waals surface area contributed by atoms with E-state index >= 15 is 0 Å². The van der Waals surface area contributed by atoms with Crippen molar-refractivity contribution in [3.05, 3.63) is 39.1 Å². The van der Waals surface area contributed by atoms with Gasteiger partial charge in [0.05, 0.1) is 26.6 Å². The zero-order valence-electron chi connectivity index (χ0n) is 11.1. The molecule has 1 aromatic carbocycles. The molecule has 3 N–H and O–H groups in total.